The SMILES string of the molecule is O=C1CCCN(C(=O)OCC(Cl)(Cl)Cl)C1. The average Bonchev–Trinajstić information content (AvgIpc) is 2.13. The second-order valence-corrected chi connectivity index (χ2v) is 5.75. The van der Waals surface area contributed by atoms with Crippen LogP contribution in [0.2, 0.25) is 0 Å². The zero-order chi connectivity index (χ0) is 11.5. The van der Waals surface area contributed by atoms with Gasteiger partial charge in [0.05, 0.1) is 6.54 Å². The first-order valence-electron chi connectivity index (χ1n) is 4.38. The van der Waals surface area contributed by atoms with Crippen molar-refractivity contribution >= 4 is 46.7 Å². The molecule has 0 radical (unpaired) electrons. The summed E-state index contributed by atoms with van der Waals surface area (Å²) in [7, 11) is 0. The Labute approximate surface area is 102 Å². The monoisotopic (exact) mass is 273 g/mol. The van der Waals surface area contributed by atoms with Crippen LogP contribution < -0.4 is 0 Å². The molecule has 1 fully saturated rings. The van der Waals surface area contributed by atoms with E-state index in [2.05, 4.69) is 0 Å². The summed E-state index contributed by atoms with van der Waals surface area (Å²) in [6.45, 7) is 0.268. The van der Waals surface area contributed by atoms with Gasteiger partial charge < -0.3 is 9.64 Å². The van der Waals surface area contributed by atoms with Crippen LogP contribution in [0.1, 0.15) is 12.8 Å². The van der Waals surface area contributed by atoms with Gasteiger partial charge in [-0.2, -0.15) is 0 Å². The quantitative estimate of drug-likeness (QED) is 0.688. The van der Waals surface area contributed by atoms with E-state index in [9.17, 15) is 9.59 Å². The maximum absolute atomic E-state index is 11.4. The van der Waals surface area contributed by atoms with Crippen molar-refractivity contribution in [2.45, 2.75) is 16.6 Å². The highest BCUT2D eigenvalue weighted by molar-refractivity contribution is 6.67. The van der Waals surface area contributed by atoms with Crippen molar-refractivity contribution in [3.63, 3.8) is 0 Å². The van der Waals surface area contributed by atoms with Crippen molar-refractivity contribution in [2.24, 2.45) is 0 Å². The molecular weight excluding hydrogens is 264 g/mol. The lowest BCUT2D eigenvalue weighted by molar-refractivity contribution is -0.121. The third kappa shape index (κ3) is 4.91. The molecule has 0 aromatic heterocycles. The molecule has 1 aliphatic rings. The van der Waals surface area contributed by atoms with Gasteiger partial charge in [0.25, 0.3) is 0 Å². The van der Waals surface area contributed by atoms with Gasteiger partial charge in [-0.25, -0.2) is 4.79 Å². The van der Waals surface area contributed by atoms with Crippen LogP contribution >= 0.6 is 34.8 Å². The Morgan fingerprint density at radius 1 is 1.47 bits per heavy atom. The third-order valence-corrected chi connectivity index (χ3v) is 2.20. The Balaban J connectivity index is 2.36. The minimum Gasteiger partial charge on any atom is -0.445 e. The first-order valence-corrected chi connectivity index (χ1v) is 5.52. The van der Waals surface area contributed by atoms with Crippen molar-refractivity contribution < 1.29 is 14.3 Å². The summed E-state index contributed by atoms with van der Waals surface area (Å²) in [6.07, 6.45) is 0.546. The number of likely N-dealkylation sites (tertiary alicyclic amines) is 1. The fourth-order valence-electron chi connectivity index (χ4n) is 1.23. The molecule has 7 heteroatoms. The lowest BCUT2D eigenvalue weighted by Crippen LogP contribution is -2.41. The lowest BCUT2D eigenvalue weighted by Gasteiger charge is -2.25. The van der Waals surface area contributed by atoms with Crippen LogP contribution in [-0.2, 0) is 9.53 Å². The lowest BCUT2D eigenvalue weighted by atomic mass is 10.1. The standard InChI is InChI=1S/C8H10Cl3NO3/c9-8(10,11)5-15-7(14)12-3-1-2-6(13)4-12/h1-5H2. The van der Waals surface area contributed by atoms with E-state index in [-0.39, 0.29) is 18.9 Å². The molecule has 0 saturated carbocycles. The number of carbonyl (C=O) groups is 2. The maximum atomic E-state index is 11.4. The van der Waals surface area contributed by atoms with Gasteiger partial charge in [0, 0.05) is 13.0 Å². The van der Waals surface area contributed by atoms with Gasteiger partial charge in [-0.1, -0.05) is 34.8 Å². The number of ketones is 1. The first kappa shape index (κ1) is 12.9. The van der Waals surface area contributed by atoms with Gasteiger partial charge in [-0.15, -0.1) is 0 Å². The largest absolute Gasteiger partial charge is 0.445 e. The number of amides is 1. The van der Waals surface area contributed by atoms with E-state index in [0.717, 1.165) is 0 Å². The smallest absolute Gasteiger partial charge is 0.410 e. The molecule has 0 unspecified atom stereocenters. The molecule has 0 atom stereocenters. The van der Waals surface area contributed by atoms with Crippen molar-refractivity contribution in [2.75, 3.05) is 19.7 Å². The van der Waals surface area contributed by atoms with Gasteiger partial charge in [0.1, 0.15) is 6.61 Å². The van der Waals surface area contributed by atoms with Crippen LogP contribution in [-0.4, -0.2) is 40.3 Å². The highest BCUT2D eigenvalue weighted by Crippen LogP contribution is 2.26. The normalized spacial score (nSPS) is 17.8. The molecule has 0 spiro atoms. The number of piperidine rings is 1. The minimum atomic E-state index is -1.62. The van der Waals surface area contributed by atoms with Crippen LogP contribution in [0.4, 0.5) is 4.79 Å². The number of hydrogen-bond acceptors (Lipinski definition) is 3. The Kier molecular flexibility index (Phi) is 4.49. The predicted octanol–water partition coefficient (Wildman–Crippen LogP) is 2.16. The van der Waals surface area contributed by atoms with Crippen molar-refractivity contribution in [1.82, 2.24) is 4.90 Å². The van der Waals surface area contributed by atoms with Gasteiger partial charge in [0.2, 0.25) is 3.79 Å². The molecule has 1 heterocycles. The molecule has 1 amide bonds. The summed E-state index contributed by atoms with van der Waals surface area (Å²) < 4.78 is 3.12. The molecule has 15 heavy (non-hydrogen) atoms. The molecule has 1 rings (SSSR count). The minimum absolute atomic E-state index is 0.0204. The Bertz CT molecular complexity index is 264. The van der Waals surface area contributed by atoms with Gasteiger partial charge in [0.15, 0.2) is 5.78 Å². The molecule has 4 nitrogen and oxygen atoms in total. The predicted molar refractivity (Wildman–Crippen MR) is 57.5 cm³/mol. The van der Waals surface area contributed by atoms with E-state index in [1.807, 2.05) is 0 Å². The number of rotatable bonds is 1. The van der Waals surface area contributed by atoms with Crippen molar-refractivity contribution in [1.29, 1.82) is 0 Å². The van der Waals surface area contributed by atoms with Crippen LogP contribution in [0.15, 0.2) is 0 Å². The van der Waals surface area contributed by atoms with E-state index in [1.54, 1.807) is 0 Å². The highest BCUT2D eigenvalue weighted by Gasteiger charge is 2.26. The summed E-state index contributed by atoms with van der Waals surface area (Å²) in [4.78, 5) is 23.7. The van der Waals surface area contributed by atoms with E-state index in [1.165, 1.54) is 4.90 Å². The summed E-state index contributed by atoms with van der Waals surface area (Å²) in [6, 6.07) is 0. The molecule has 86 valence electrons. The molecular formula is C8H10Cl3NO3. The average molecular weight is 275 g/mol. The number of hydrogen-bond donors (Lipinski definition) is 0. The van der Waals surface area contributed by atoms with E-state index < -0.39 is 9.89 Å². The number of halogens is 3. The number of nitrogens with zero attached hydrogens (tertiary/aromatic N) is 1. The highest BCUT2D eigenvalue weighted by atomic mass is 35.6. The maximum Gasteiger partial charge on any atom is 0.410 e. The third-order valence-electron chi connectivity index (χ3n) is 1.87. The second kappa shape index (κ2) is 5.23. The summed E-state index contributed by atoms with van der Waals surface area (Å²) in [5.41, 5.74) is 0. The molecule has 0 bridgehead atoms. The summed E-state index contributed by atoms with van der Waals surface area (Å²) >= 11 is 16.2. The first-order chi connectivity index (χ1) is 6.88. The van der Waals surface area contributed by atoms with Crippen LogP contribution in [0.3, 0.4) is 0 Å². The Hall–Kier alpha value is -0.190. The van der Waals surface area contributed by atoms with Crippen LogP contribution in [0.5, 0.6) is 0 Å². The number of Topliss-reactive ketones (excluding diaryl/α,β-unsaturated/α-hetero) is 1. The fourth-order valence-corrected chi connectivity index (χ4v) is 1.39. The van der Waals surface area contributed by atoms with Gasteiger partial charge in [-0.05, 0) is 6.42 Å². The molecule has 1 saturated heterocycles. The molecule has 0 aromatic rings. The van der Waals surface area contributed by atoms with Crippen molar-refractivity contribution in [3.8, 4) is 0 Å². The molecule has 0 N–H and O–H groups in total. The number of carbonyl (C=O) groups excluding carboxylic acids is 2. The number of ether oxygens (including phenoxy) is 1. The molecule has 0 aliphatic carbocycles. The second-order valence-electron chi connectivity index (χ2n) is 3.23. The number of alkyl halides is 3. The van der Waals surface area contributed by atoms with Gasteiger partial charge >= 0.3 is 6.09 Å². The zero-order valence-corrected chi connectivity index (χ0v) is 10.1. The van der Waals surface area contributed by atoms with E-state index in [0.29, 0.717) is 19.4 Å². The summed E-state index contributed by atoms with van der Waals surface area (Å²) in [5, 5.41) is 0. The zero-order valence-electron chi connectivity index (χ0n) is 7.84. The van der Waals surface area contributed by atoms with Crippen molar-refractivity contribution in [3.05, 3.63) is 0 Å². The fraction of sp³-hybridized carbons (Fsp3) is 0.750. The van der Waals surface area contributed by atoms with Crippen LogP contribution in [0.25, 0.3) is 0 Å². The topological polar surface area (TPSA) is 46.6 Å². The van der Waals surface area contributed by atoms with E-state index >= 15 is 0 Å². The molecule has 0 aromatic carbocycles. The van der Waals surface area contributed by atoms with Crippen LogP contribution in [0, 0.1) is 0 Å². The Morgan fingerprint density at radius 3 is 2.67 bits per heavy atom. The Morgan fingerprint density at radius 2 is 2.13 bits per heavy atom. The van der Waals surface area contributed by atoms with Gasteiger partial charge in [-0.3, -0.25) is 4.79 Å². The van der Waals surface area contributed by atoms with E-state index in [4.69, 9.17) is 39.5 Å². The summed E-state index contributed by atoms with van der Waals surface area (Å²) in [5.74, 6) is 0.0204. The molecule has 1 aliphatic heterocycles.